The third-order valence-electron chi connectivity index (χ3n) is 3.73. The van der Waals surface area contributed by atoms with Gasteiger partial charge in [-0.15, -0.1) is 0 Å². The van der Waals surface area contributed by atoms with Crippen molar-refractivity contribution in [2.45, 2.75) is 46.1 Å². The van der Waals surface area contributed by atoms with E-state index < -0.39 is 11.9 Å². The van der Waals surface area contributed by atoms with Crippen molar-refractivity contribution in [3.63, 3.8) is 0 Å². The topological polar surface area (TPSA) is 71.1 Å². The molecule has 0 heterocycles. The van der Waals surface area contributed by atoms with E-state index in [1.165, 1.54) is 6.07 Å². The number of carbonyl (C=O) groups is 2. The molecule has 0 aliphatic heterocycles. The molecule has 27 heavy (non-hydrogen) atoms. The Morgan fingerprint density at radius 3 is 2.15 bits per heavy atom. The zero-order valence-corrected chi connectivity index (χ0v) is 18.5. The molecule has 7 heteroatoms. The van der Waals surface area contributed by atoms with Crippen LogP contribution in [0.15, 0.2) is 18.2 Å². The SMILES string of the molecule is CCCCOCCOCCOC(=O)c1cc(I)cc(C(=O)O[C@@H](C)CC)c1. The van der Waals surface area contributed by atoms with Crippen LogP contribution in [0.1, 0.15) is 60.7 Å². The Bertz CT molecular complexity index is 590. The Balaban J connectivity index is 2.41. The second kappa shape index (κ2) is 13.9. The molecule has 1 aromatic carbocycles. The maximum absolute atomic E-state index is 12.2. The molecular weight excluding hydrogens is 463 g/mol. The lowest BCUT2D eigenvalue weighted by molar-refractivity contribution is 0.0143. The predicted octanol–water partition coefficient (Wildman–Crippen LogP) is 4.24. The molecule has 152 valence electrons. The van der Waals surface area contributed by atoms with Gasteiger partial charge in [-0.1, -0.05) is 20.3 Å². The first-order valence-electron chi connectivity index (χ1n) is 9.32. The van der Waals surface area contributed by atoms with E-state index in [0.29, 0.717) is 30.9 Å². The van der Waals surface area contributed by atoms with Crippen LogP contribution in [0.3, 0.4) is 0 Å². The van der Waals surface area contributed by atoms with Crippen LogP contribution >= 0.6 is 22.6 Å². The molecule has 1 atom stereocenters. The quantitative estimate of drug-likeness (QED) is 0.233. The number of rotatable bonds is 13. The number of unbranched alkanes of at least 4 members (excludes halogenated alkanes) is 1. The second-order valence-corrected chi connectivity index (χ2v) is 7.31. The van der Waals surface area contributed by atoms with Crippen LogP contribution in [0, 0.1) is 3.57 Å². The summed E-state index contributed by atoms with van der Waals surface area (Å²) in [6.07, 6.45) is 2.70. The standard InChI is InChI=1S/C20H29IO6/c1-4-6-7-24-8-9-25-10-11-26-19(22)16-12-17(14-18(21)13-16)20(23)27-15(3)5-2/h12-15H,4-11H2,1-3H3/t15-/m0/s1. The number of carbonyl (C=O) groups excluding carboxylic acids is 2. The molecule has 0 aliphatic carbocycles. The monoisotopic (exact) mass is 492 g/mol. The van der Waals surface area contributed by atoms with Gasteiger partial charge in [-0.25, -0.2) is 9.59 Å². The maximum atomic E-state index is 12.2. The molecule has 0 N–H and O–H groups in total. The molecule has 0 aromatic heterocycles. The highest BCUT2D eigenvalue weighted by Gasteiger charge is 2.16. The average Bonchev–Trinajstić information content (AvgIpc) is 2.65. The van der Waals surface area contributed by atoms with E-state index in [0.717, 1.165) is 29.4 Å². The van der Waals surface area contributed by atoms with E-state index in [4.69, 9.17) is 18.9 Å². The number of halogens is 1. The Kier molecular flexibility index (Phi) is 12.3. The molecule has 0 saturated heterocycles. The first-order chi connectivity index (χ1) is 13.0. The highest BCUT2D eigenvalue weighted by Crippen LogP contribution is 2.16. The number of ether oxygens (including phenoxy) is 4. The second-order valence-electron chi connectivity index (χ2n) is 6.07. The molecule has 0 spiro atoms. The molecule has 6 nitrogen and oxygen atoms in total. The number of benzene rings is 1. The lowest BCUT2D eigenvalue weighted by Crippen LogP contribution is -2.16. The number of hydrogen-bond donors (Lipinski definition) is 0. The summed E-state index contributed by atoms with van der Waals surface area (Å²) in [6.45, 7) is 8.07. The molecule has 0 bridgehead atoms. The van der Waals surface area contributed by atoms with Crippen LogP contribution in [0.5, 0.6) is 0 Å². The van der Waals surface area contributed by atoms with Gasteiger partial charge in [-0.3, -0.25) is 0 Å². The Morgan fingerprint density at radius 2 is 1.52 bits per heavy atom. The summed E-state index contributed by atoms with van der Waals surface area (Å²) in [4.78, 5) is 24.4. The molecule has 0 amide bonds. The van der Waals surface area contributed by atoms with Crippen LogP contribution in [0.2, 0.25) is 0 Å². The number of hydrogen-bond acceptors (Lipinski definition) is 6. The van der Waals surface area contributed by atoms with Crippen molar-refractivity contribution < 1.29 is 28.5 Å². The van der Waals surface area contributed by atoms with Crippen molar-refractivity contribution in [2.75, 3.05) is 33.0 Å². The summed E-state index contributed by atoms with van der Waals surface area (Å²) in [5, 5.41) is 0. The minimum atomic E-state index is -0.492. The summed E-state index contributed by atoms with van der Waals surface area (Å²) in [7, 11) is 0. The molecular formula is C20H29IO6. The third-order valence-corrected chi connectivity index (χ3v) is 4.35. The minimum absolute atomic E-state index is 0.145. The third kappa shape index (κ3) is 10.1. The molecule has 0 unspecified atom stereocenters. The van der Waals surface area contributed by atoms with E-state index in [2.05, 4.69) is 29.5 Å². The maximum Gasteiger partial charge on any atom is 0.338 e. The van der Waals surface area contributed by atoms with Gasteiger partial charge in [0.05, 0.1) is 37.1 Å². The van der Waals surface area contributed by atoms with E-state index in [9.17, 15) is 9.59 Å². The summed E-state index contributed by atoms with van der Waals surface area (Å²) in [5.74, 6) is -0.933. The van der Waals surface area contributed by atoms with Crippen LogP contribution in [-0.2, 0) is 18.9 Å². The van der Waals surface area contributed by atoms with Crippen LogP contribution in [0.4, 0.5) is 0 Å². The van der Waals surface area contributed by atoms with E-state index >= 15 is 0 Å². The van der Waals surface area contributed by atoms with Gasteiger partial charge in [0.2, 0.25) is 0 Å². The van der Waals surface area contributed by atoms with Crippen molar-refractivity contribution in [3.05, 3.63) is 32.9 Å². The van der Waals surface area contributed by atoms with Crippen molar-refractivity contribution in [3.8, 4) is 0 Å². The fourth-order valence-corrected chi connectivity index (χ4v) is 2.68. The molecule has 1 rings (SSSR count). The van der Waals surface area contributed by atoms with Gasteiger partial charge in [0.15, 0.2) is 0 Å². The van der Waals surface area contributed by atoms with Crippen molar-refractivity contribution in [2.24, 2.45) is 0 Å². The fraction of sp³-hybridized carbons (Fsp3) is 0.600. The normalized spacial score (nSPS) is 11.9. The molecule has 0 saturated carbocycles. The van der Waals surface area contributed by atoms with Crippen LogP contribution in [-0.4, -0.2) is 51.1 Å². The van der Waals surface area contributed by atoms with Crippen LogP contribution in [0.25, 0.3) is 0 Å². The first-order valence-corrected chi connectivity index (χ1v) is 10.4. The average molecular weight is 492 g/mol. The zero-order chi connectivity index (χ0) is 20.1. The van der Waals surface area contributed by atoms with Crippen molar-refractivity contribution in [1.29, 1.82) is 0 Å². The Morgan fingerprint density at radius 1 is 0.926 bits per heavy atom. The smallest absolute Gasteiger partial charge is 0.338 e. The summed E-state index contributed by atoms with van der Waals surface area (Å²) < 4.78 is 22.0. The predicted molar refractivity (Wildman–Crippen MR) is 111 cm³/mol. The van der Waals surface area contributed by atoms with Gasteiger partial charge in [0.25, 0.3) is 0 Å². The van der Waals surface area contributed by atoms with Gasteiger partial charge in [-0.2, -0.15) is 0 Å². The Labute approximate surface area is 175 Å². The van der Waals surface area contributed by atoms with Crippen molar-refractivity contribution >= 4 is 34.5 Å². The van der Waals surface area contributed by atoms with Gasteiger partial charge >= 0.3 is 11.9 Å². The molecule has 0 aliphatic rings. The fourth-order valence-electron chi connectivity index (χ4n) is 2.00. The lowest BCUT2D eigenvalue weighted by atomic mass is 10.1. The minimum Gasteiger partial charge on any atom is -0.460 e. The van der Waals surface area contributed by atoms with Crippen molar-refractivity contribution in [1.82, 2.24) is 0 Å². The summed E-state index contributed by atoms with van der Waals surface area (Å²) in [6, 6.07) is 4.85. The zero-order valence-electron chi connectivity index (χ0n) is 16.3. The Hall–Kier alpha value is -1.19. The van der Waals surface area contributed by atoms with Crippen LogP contribution < -0.4 is 0 Å². The van der Waals surface area contributed by atoms with E-state index in [1.54, 1.807) is 12.1 Å². The molecule has 0 radical (unpaired) electrons. The molecule has 0 fully saturated rings. The van der Waals surface area contributed by atoms with Gasteiger partial charge in [0.1, 0.15) is 6.61 Å². The van der Waals surface area contributed by atoms with E-state index in [1.807, 2.05) is 13.8 Å². The van der Waals surface area contributed by atoms with Gasteiger partial charge in [0, 0.05) is 10.2 Å². The lowest BCUT2D eigenvalue weighted by Gasteiger charge is -2.12. The highest BCUT2D eigenvalue weighted by atomic mass is 127. The highest BCUT2D eigenvalue weighted by molar-refractivity contribution is 14.1. The number of esters is 2. The largest absolute Gasteiger partial charge is 0.460 e. The summed E-state index contributed by atoms with van der Waals surface area (Å²) in [5.41, 5.74) is 0.663. The molecule has 1 aromatic rings. The first kappa shape index (κ1) is 23.8. The van der Waals surface area contributed by atoms with Gasteiger partial charge < -0.3 is 18.9 Å². The van der Waals surface area contributed by atoms with E-state index in [-0.39, 0.29) is 12.7 Å². The van der Waals surface area contributed by atoms with Gasteiger partial charge in [-0.05, 0) is 60.6 Å². The summed E-state index contributed by atoms with van der Waals surface area (Å²) >= 11 is 2.06.